The first-order chi connectivity index (χ1) is 11.6. The fraction of sp³-hybridized carbons (Fsp3) is 0.579. The van der Waals surface area contributed by atoms with Gasteiger partial charge in [-0.1, -0.05) is 58.0 Å². The van der Waals surface area contributed by atoms with Crippen molar-refractivity contribution in [3.05, 3.63) is 35.9 Å². The fourth-order valence-corrected chi connectivity index (χ4v) is 2.69. The molecule has 6 heteroatoms. The largest absolute Gasteiger partial charge is 0.480 e. The molecule has 0 aromatic heterocycles. The Labute approximate surface area is 150 Å². The van der Waals surface area contributed by atoms with Crippen molar-refractivity contribution in [3.8, 4) is 0 Å². The molecule has 0 saturated heterocycles. The molecule has 1 aromatic carbocycles. The number of nitrogens with one attached hydrogen (secondary N) is 1. The van der Waals surface area contributed by atoms with Gasteiger partial charge in [-0.25, -0.2) is 0 Å². The molecule has 0 aliphatic carbocycles. The normalized spacial score (nSPS) is 13.3. The van der Waals surface area contributed by atoms with Gasteiger partial charge < -0.3 is 15.5 Å². The zero-order valence-electron chi connectivity index (χ0n) is 16.1. The quantitative estimate of drug-likeness (QED) is 0.666. The van der Waals surface area contributed by atoms with E-state index >= 15 is 0 Å². The predicted octanol–water partition coefficient (Wildman–Crippen LogP) is 2.54. The Morgan fingerprint density at radius 2 is 1.52 bits per heavy atom. The minimum absolute atomic E-state index is 0.103. The van der Waals surface area contributed by atoms with Crippen molar-refractivity contribution in [2.24, 2.45) is 11.8 Å². The van der Waals surface area contributed by atoms with Crippen LogP contribution in [0.15, 0.2) is 30.3 Å². The number of carbonyl (C=O) groups is 2. The molecule has 2 atom stereocenters. The van der Waals surface area contributed by atoms with Gasteiger partial charge in [0, 0.05) is 6.54 Å². The van der Waals surface area contributed by atoms with E-state index in [-0.39, 0.29) is 11.8 Å². The number of rotatable bonds is 8. The number of carboxylic acid groups (broad SMARTS) is 2. The van der Waals surface area contributed by atoms with E-state index in [9.17, 15) is 9.59 Å². The third-order valence-corrected chi connectivity index (χ3v) is 3.88. The van der Waals surface area contributed by atoms with Gasteiger partial charge in [0.25, 0.3) is 0 Å². The Hall–Kier alpha value is -1.92. The van der Waals surface area contributed by atoms with Gasteiger partial charge in [0.05, 0.1) is 0 Å². The molecule has 0 spiro atoms. The Morgan fingerprint density at radius 1 is 1.00 bits per heavy atom. The predicted molar refractivity (Wildman–Crippen MR) is 99.5 cm³/mol. The van der Waals surface area contributed by atoms with Crippen molar-refractivity contribution < 1.29 is 19.8 Å². The summed E-state index contributed by atoms with van der Waals surface area (Å²) in [4.78, 5) is 23.3. The highest BCUT2D eigenvalue weighted by molar-refractivity contribution is 5.74. The molecule has 0 aliphatic rings. The van der Waals surface area contributed by atoms with Crippen molar-refractivity contribution >= 4 is 11.9 Å². The first-order valence-electron chi connectivity index (χ1n) is 8.48. The second-order valence-corrected chi connectivity index (χ2v) is 6.78. The number of likely N-dealkylation sites (N-methyl/N-ethyl adjacent to an activating group) is 2. The third-order valence-electron chi connectivity index (χ3n) is 3.88. The molecule has 0 amide bonds. The molecular formula is C19H32N2O4. The lowest BCUT2D eigenvalue weighted by Crippen LogP contribution is -2.41. The average molecular weight is 352 g/mol. The van der Waals surface area contributed by atoms with Crippen LogP contribution in [0.1, 0.15) is 33.3 Å². The summed E-state index contributed by atoms with van der Waals surface area (Å²) >= 11 is 0. The van der Waals surface area contributed by atoms with Crippen molar-refractivity contribution in [2.45, 2.75) is 46.3 Å². The van der Waals surface area contributed by atoms with Crippen LogP contribution in [0.3, 0.4) is 0 Å². The van der Waals surface area contributed by atoms with E-state index in [2.05, 4.69) is 5.32 Å². The van der Waals surface area contributed by atoms with E-state index in [4.69, 9.17) is 10.2 Å². The second kappa shape index (κ2) is 11.6. The van der Waals surface area contributed by atoms with E-state index in [1.165, 1.54) is 0 Å². The van der Waals surface area contributed by atoms with Crippen molar-refractivity contribution in [2.75, 3.05) is 14.1 Å². The fourth-order valence-electron chi connectivity index (χ4n) is 2.69. The summed E-state index contributed by atoms with van der Waals surface area (Å²) in [6.45, 7) is 8.26. The van der Waals surface area contributed by atoms with Crippen LogP contribution < -0.4 is 5.32 Å². The standard InChI is InChI=1S/C13H19NO2.C6H13NO2/c1-10(2)12(13(15)16)14(3)9-11-7-5-4-6-8-11;1-4(2)5(7-3)6(8)9/h4-8,10,12H,9H2,1-3H3,(H,15,16);4-5,7H,1-3H3,(H,8,9). The lowest BCUT2D eigenvalue weighted by Gasteiger charge is -2.27. The van der Waals surface area contributed by atoms with Crippen LogP contribution in [0.4, 0.5) is 0 Å². The second-order valence-electron chi connectivity index (χ2n) is 6.78. The highest BCUT2D eigenvalue weighted by atomic mass is 16.4. The van der Waals surface area contributed by atoms with Crippen LogP contribution in [0.5, 0.6) is 0 Å². The first-order valence-corrected chi connectivity index (χ1v) is 8.48. The number of nitrogens with zero attached hydrogens (tertiary/aromatic N) is 1. The van der Waals surface area contributed by atoms with Crippen molar-refractivity contribution in [1.82, 2.24) is 10.2 Å². The van der Waals surface area contributed by atoms with E-state index in [1.807, 2.05) is 70.0 Å². The summed E-state index contributed by atoms with van der Waals surface area (Å²) < 4.78 is 0. The monoisotopic (exact) mass is 352 g/mol. The highest BCUT2D eigenvalue weighted by Crippen LogP contribution is 2.13. The van der Waals surface area contributed by atoms with Crippen LogP contribution in [0.25, 0.3) is 0 Å². The molecule has 1 rings (SSSR count). The minimum Gasteiger partial charge on any atom is -0.480 e. The van der Waals surface area contributed by atoms with Crippen LogP contribution in [-0.4, -0.2) is 53.2 Å². The van der Waals surface area contributed by atoms with Crippen LogP contribution in [0.2, 0.25) is 0 Å². The molecule has 142 valence electrons. The smallest absolute Gasteiger partial charge is 0.321 e. The zero-order chi connectivity index (χ0) is 19.6. The van der Waals surface area contributed by atoms with E-state index in [0.29, 0.717) is 6.54 Å². The summed E-state index contributed by atoms with van der Waals surface area (Å²) in [5.74, 6) is -1.29. The SMILES string of the molecule is CC(C)C(C(=O)O)N(C)Cc1ccccc1.CNC(C(=O)O)C(C)C. The minimum atomic E-state index is -0.785. The van der Waals surface area contributed by atoms with Crippen LogP contribution in [-0.2, 0) is 16.1 Å². The van der Waals surface area contributed by atoms with Gasteiger partial charge in [-0.05, 0) is 31.5 Å². The van der Waals surface area contributed by atoms with Crippen LogP contribution >= 0.6 is 0 Å². The Balaban J connectivity index is 0.000000547. The van der Waals surface area contributed by atoms with Crippen molar-refractivity contribution in [3.63, 3.8) is 0 Å². The summed E-state index contributed by atoms with van der Waals surface area (Å²) in [6.07, 6.45) is 0. The van der Waals surface area contributed by atoms with Gasteiger partial charge in [-0.2, -0.15) is 0 Å². The Morgan fingerprint density at radius 3 is 1.80 bits per heavy atom. The molecule has 0 radical (unpaired) electrons. The highest BCUT2D eigenvalue weighted by Gasteiger charge is 2.25. The molecule has 0 fully saturated rings. The number of hydrogen-bond acceptors (Lipinski definition) is 4. The third kappa shape index (κ3) is 8.65. The maximum absolute atomic E-state index is 11.1. The van der Waals surface area contributed by atoms with Gasteiger partial charge in [-0.3, -0.25) is 14.5 Å². The number of hydrogen-bond donors (Lipinski definition) is 3. The molecule has 6 nitrogen and oxygen atoms in total. The lowest BCUT2D eigenvalue weighted by molar-refractivity contribution is -0.144. The number of carboxylic acids is 2. The van der Waals surface area contributed by atoms with Gasteiger partial charge in [-0.15, -0.1) is 0 Å². The maximum atomic E-state index is 11.1. The molecule has 0 bridgehead atoms. The van der Waals surface area contributed by atoms with Crippen LogP contribution in [0, 0.1) is 11.8 Å². The molecule has 0 heterocycles. The summed E-state index contributed by atoms with van der Waals surface area (Å²) in [5, 5.41) is 20.3. The maximum Gasteiger partial charge on any atom is 0.321 e. The lowest BCUT2D eigenvalue weighted by atomic mass is 10.0. The van der Waals surface area contributed by atoms with Gasteiger partial charge >= 0.3 is 11.9 Å². The van der Waals surface area contributed by atoms with Gasteiger partial charge in [0.1, 0.15) is 12.1 Å². The Bertz CT molecular complexity index is 517. The molecule has 1 aromatic rings. The van der Waals surface area contributed by atoms with E-state index in [0.717, 1.165) is 5.56 Å². The molecule has 25 heavy (non-hydrogen) atoms. The first kappa shape index (κ1) is 23.1. The van der Waals surface area contributed by atoms with E-state index < -0.39 is 24.0 Å². The van der Waals surface area contributed by atoms with Crippen molar-refractivity contribution in [1.29, 1.82) is 0 Å². The topological polar surface area (TPSA) is 89.9 Å². The van der Waals surface area contributed by atoms with E-state index in [1.54, 1.807) is 7.05 Å². The zero-order valence-corrected chi connectivity index (χ0v) is 16.1. The number of aliphatic carboxylic acids is 2. The average Bonchev–Trinajstić information content (AvgIpc) is 2.47. The summed E-state index contributed by atoms with van der Waals surface area (Å²) in [6, 6.07) is 9.07. The molecule has 0 aliphatic heterocycles. The molecular weight excluding hydrogens is 320 g/mol. The van der Waals surface area contributed by atoms with Gasteiger partial charge in [0.15, 0.2) is 0 Å². The number of benzene rings is 1. The summed E-state index contributed by atoms with van der Waals surface area (Å²) in [5.41, 5.74) is 1.14. The molecule has 0 saturated carbocycles. The molecule has 2 unspecified atom stereocenters. The Kier molecular flexibility index (Phi) is 10.7. The summed E-state index contributed by atoms with van der Waals surface area (Å²) in [7, 11) is 3.50. The molecule has 3 N–H and O–H groups in total. The van der Waals surface area contributed by atoms with Gasteiger partial charge in [0.2, 0.25) is 0 Å².